The third kappa shape index (κ3) is 6.28. The number of ether oxygens (including phenoxy) is 2. The molecule has 8 heteroatoms. The minimum Gasteiger partial charge on any atom is -0.490 e. The lowest BCUT2D eigenvalue weighted by atomic mass is 10.1. The number of hydrogen-bond acceptors (Lipinski definition) is 5. The Hall–Kier alpha value is -2.55. The molecule has 1 heterocycles. The first-order valence-corrected chi connectivity index (χ1v) is 12.6. The minimum atomic E-state index is -0.186. The van der Waals surface area contributed by atoms with E-state index in [0.717, 1.165) is 25.8 Å². The van der Waals surface area contributed by atoms with Crippen LogP contribution in [0.4, 0.5) is 5.69 Å². The topological polar surface area (TPSA) is 59.9 Å². The molecule has 0 spiro atoms. The van der Waals surface area contributed by atoms with Crippen LogP contribution < -0.4 is 14.8 Å². The van der Waals surface area contributed by atoms with Crippen molar-refractivity contribution >= 4 is 66.5 Å². The Morgan fingerprint density at radius 2 is 1.79 bits per heavy atom. The van der Waals surface area contributed by atoms with Gasteiger partial charge >= 0.3 is 0 Å². The molecule has 3 aromatic rings. The van der Waals surface area contributed by atoms with Gasteiger partial charge in [0, 0.05) is 4.47 Å². The molecule has 1 aliphatic rings. The predicted octanol–water partition coefficient (Wildman–Crippen LogP) is 7.08. The van der Waals surface area contributed by atoms with Crippen molar-refractivity contribution in [3.05, 3.63) is 91.7 Å². The summed E-state index contributed by atoms with van der Waals surface area (Å²) in [5.41, 5.74) is 2.65. The number of amidine groups is 1. The highest BCUT2D eigenvalue weighted by atomic mass is 79.9. The number of nitrogens with one attached hydrogen (secondary N) is 1. The number of carbonyl (C=O) groups excluding carboxylic acids is 1. The number of carbonyl (C=O) groups is 1. The van der Waals surface area contributed by atoms with Gasteiger partial charge in [-0.05, 0) is 88.2 Å². The molecule has 1 amide bonds. The van der Waals surface area contributed by atoms with Crippen LogP contribution in [-0.2, 0) is 11.4 Å². The Kier molecular flexibility index (Phi) is 7.90. The molecule has 0 bridgehead atoms. The van der Waals surface area contributed by atoms with Gasteiger partial charge in [-0.25, -0.2) is 4.99 Å². The number of amides is 1. The number of benzene rings is 3. The van der Waals surface area contributed by atoms with E-state index in [4.69, 9.17) is 9.47 Å². The van der Waals surface area contributed by atoms with Crippen LogP contribution in [-0.4, -0.2) is 17.7 Å². The van der Waals surface area contributed by atoms with E-state index in [1.807, 2.05) is 79.7 Å². The van der Waals surface area contributed by atoms with E-state index in [1.54, 1.807) is 0 Å². The Labute approximate surface area is 213 Å². The number of nitrogens with zero attached hydrogens (tertiary/aromatic N) is 1. The van der Waals surface area contributed by atoms with E-state index >= 15 is 0 Å². The number of rotatable bonds is 7. The molecule has 0 atom stereocenters. The first-order chi connectivity index (χ1) is 16.0. The van der Waals surface area contributed by atoms with Crippen molar-refractivity contribution in [1.82, 2.24) is 5.32 Å². The standard InChI is InChI=1S/C25H20Br2N2O3S/c1-2-31-21-13-17(12-20(27)23(21)32-15-16-6-4-3-5-7-16)14-22-24(30)29-25(33-22)28-19-10-8-18(26)9-11-19/h3-14H,2,15H2,1H3,(H,28,29,30)/b22-14+. The van der Waals surface area contributed by atoms with Gasteiger partial charge in [-0.2, -0.15) is 0 Å². The van der Waals surface area contributed by atoms with Gasteiger partial charge in [-0.3, -0.25) is 4.79 Å². The van der Waals surface area contributed by atoms with Gasteiger partial charge in [0.2, 0.25) is 0 Å². The van der Waals surface area contributed by atoms with Gasteiger partial charge in [0.15, 0.2) is 16.7 Å². The van der Waals surface area contributed by atoms with Crippen LogP contribution in [0.5, 0.6) is 11.5 Å². The zero-order valence-corrected chi connectivity index (χ0v) is 21.7. The molecule has 5 nitrogen and oxygen atoms in total. The number of thioether (sulfide) groups is 1. The summed E-state index contributed by atoms with van der Waals surface area (Å²) in [4.78, 5) is 17.6. The average molecular weight is 588 g/mol. The third-order valence-corrected chi connectivity index (χ3v) is 6.59. The Morgan fingerprint density at radius 3 is 2.52 bits per heavy atom. The van der Waals surface area contributed by atoms with E-state index in [1.165, 1.54) is 11.8 Å². The Bertz CT molecular complexity index is 1210. The monoisotopic (exact) mass is 586 g/mol. The van der Waals surface area contributed by atoms with Gasteiger partial charge in [-0.15, -0.1) is 0 Å². The molecule has 0 saturated carbocycles. The van der Waals surface area contributed by atoms with Crippen LogP contribution in [0.1, 0.15) is 18.1 Å². The average Bonchev–Trinajstić information content (AvgIpc) is 3.14. The van der Waals surface area contributed by atoms with Crippen LogP contribution in [0.3, 0.4) is 0 Å². The van der Waals surface area contributed by atoms with E-state index in [9.17, 15) is 4.79 Å². The van der Waals surface area contributed by atoms with Crippen molar-refractivity contribution < 1.29 is 14.3 Å². The minimum absolute atomic E-state index is 0.186. The van der Waals surface area contributed by atoms with E-state index in [0.29, 0.717) is 34.8 Å². The highest BCUT2D eigenvalue weighted by Crippen LogP contribution is 2.39. The lowest BCUT2D eigenvalue weighted by Crippen LogP contribution is -2.19. The number of aliphatic imine (C=N–C) groups is 1. The second-order valence-corrected chi connectivity index (χ2v) is 9.80. The van der Waals surface area contributed by atoms with Crippen molar-refractivity contribution in [2.75, 3.05) is 6.61 Å². The Balaban J connectivity index is 1.55. The molecule has 1 saturated heterocycles. The van der Waals surface area contributed by atoms with Crippen LogP contribution in [0.2, 0.25) is 0 Å². The molecule has 168 valence electrons. The summed E-state index contributed by atoms with van der Waals surface area (Å²) in [7, 11) is 0. The van der Waals surface area contributed by atoms with Gasteiger partial charge in [0.25, 0.3) is 5.91 Å². The molecule has 3 aromatic carbocycles. The summed E-state index contributed by atoms with van der Waals surface area (Å²) in [6.07, 6.45) is 1.82. The smallest absolute Gasteiger partial charge is 0.264 e. The molecule has 0 aliphatic carbocycles. The molecule has 0 radical (unpaired) electrons. The van der Waals surface area contributed by atoms with Crippen LogP contribution in [0, 0.1) is 0 Å². The second-order valence-electron chi connectivity index (χ2n) is 7.00. The maximum atomic E-state index is 12.5. The fourth-order valence-electron chi connectivity index (χ4n) is 3.07. The highest BCUT2D eigenvalue weighted by Gasteiger charge is 2.24. The molecular formula is C25H20Br2N2O3S. The predicted molar refractivity (Wildman–Crippen MR) is 141 cm³/mol. The summed E-state index contributed by atoms with van der Waals surface area (Å²) in [6, 6.07) is 21.3. The second kappa shape index (κ2) is 11.0. The van der Waals surface area contributed by atoms with Crippen LogP contribution >= 0.6 is 43.6 Å². The van der Waals surface area contributed by atoms with Crippen molar-refractivity contribution in [1.29, 1.82) is 0 Å². The lowest BCUT2D eigenvalue weighted by Gasteiger charge is -2.15. The van der Waals surface area contributed by atoms with Crippen LogP contribution in [0.25, 0.3) is 6.08 Å². The van der Waals surface area contributed by atoms with E-state index in [-0.39, 0.29) is 5.91 Å². The van der Waals surface area contributed by atoms with E-state index in [2.05, 4.69) is 42.2 Å². The fourth-order valence-corrected chi connectivity index (χ4v) is 4.75. The van der Waals surface area contributed by atoms with E-state index < -0.39 is 0 Å². The highest BCUT2D eigenvalue weighted by molar-refractivity contribution is 9.10. The molecule has 4 rings (SSSR count). The van der Waals surface area contributed by atoms with Crippen molar-refractivity contribution in [3.8, 4) is 11.5 Å². The molecule has 1 N–H and O–H groups in total. The third-order valence-electron chi connectivity index (χ3n) is 4.56. The Morgan fingerprint density at radius 1 is 1.03 bits per heavy atom. The van der Waals surface area contributed by atoms with Gasteiger partial charge in [0.05, 0.1) is 21.7 Å². The van der Waals surface area contributed by atoms with Crippen molar-refractivity contribution in [2.45, 2.75) is 13.5 Å². The zero-order chi connectivity index (χ0) is 23.2. The summed E-state index contributed by atoms with van der Waals surface area (Å²) in [5.74, 6) is 1.06. The normalized spacial score (nSPS) is 15.7. The van der Waals surface area contributed by atoms with Gasteiger partial charge in [-0.1, -0.05) is 46.3 Å². The summed E-state index contributed by atoms with van der Waals surface area (Å²) in [6.45, 7) is 2.84. The lowest BCUT2D eigenvalue weighted by molar-refractivity contribution is -0.115. The first kappa shape index (κ1) is 23.6. The fraction of sp³-hybridized carbons (Fsp3) is 0.120. The molecule has 0 unspecified atom stereocenters. The summed E-state index contributed by atoms with van der Waals surface area (Å²) in [5, 5.41) is 3.36. The van der Waals surface area contributed by atoms with Crippen molar-refractivity contribution in [3.63, 3.8) is 0 Å². The number of halogens is 2. The summed E-state index contributed by atoms with van der Waals surface area (Å²) >= 11 is 8.31. The van der Waals surface area contributed by atoms with Gasteiger partial charge < -0.3 is 14.8 Å². The largest absolute Gasteiger partial charge is 0.490 e. The maximum Gasteiger partial charge on any atom is 0.264 e. The van der Waals surface area contributed by atoms with Crippen LogP contribution in [0.15, 0.2) is 85.6 Å². The molecule has 1 fully saturated rings. The quantitative estimate of drug-likeness (QED) is 0.300. The van der Waals surface area contributed by atoms with Gasteiger partial charge in [0.1, 0.15) is 6.61 Å². The SMILES string of the molecule is CCOc1cc(/C=C2/SC(=Nc3ccc(Br)cc3)NC2=O)cc(Br)c1OCc1ccccc1. The number of hydrogen-bond donors (Lipinski definition) is 1. The molecular weight excluding hydrogens is 568 g/mol. The molecule has 0 aromatic heterocycles. The zero-order valence-electron chi connectivity index (χ0n) is 17.7. The first-order valence-electron chi connectivity index (χ1n) is 10.2. The molecule has 33 heavy (non-hydrogen) atoms. The van der Waals surface area contributed by atoms with Crippen molar-refractivity contribution in [2.24, 2.45) is 4.99 Å². The maximum absolute atomic E-state index is 12.5. The molecule has 1 aliphatic heterocycles. The summed E-state index contributed by atoms with van der Waals surface area (Å²) < 4.78 is 13.6.